The first-order chi connectivity index (χ1) is 13.8. The molecule has 3 aromatic rings. The van der Waals surface area contributed by atoms with Crippen LogP contribution in [0.1, 0.15) is 5.56 Å². The molecule has 1 amide bonds. The molecule has 1 aliphatic heterocycles. The molecule has 146 valence electrons. The molecule has 1 aliphatic rings. The molecule has 0 spiro atoms. The summed E-state index contributed by atoms with van der Waals surface area (Å²) in [7, 11) is 0. The number of fused-ring (bicyclic) bond motifs is 1. The molecule has 1 fully saturated rings. The van der Waals surface area contributed by atoms with Crippen LogP contribution in [0.15, 0.2) is 64.2 Å². The zero-order chi connectivity index (χ0) is 19.2. The van der Waals surface area contributed by atoms with Crippen LogP contribution < -0.4 is 5.32 Å². The van der Waals surface area contributed by atoms with E-state index < -0.39 is 0 Å². The summed E-state index contributed by atoms with van der Waals surface area (Å²) < 4.78 is 11.4. The highest BCUT2D eigenvalue weighted by atomic mass is 32.2. The van der Waals surface area contributed by atoms with Crippen LogP contribution in [0, 0.1) is 0 Å². The molecule has 2 heterocycles. The number of amides is 1. The fourth-order valence-corrected chi connectivity index (χ4v) is 3.88. The number of aromatic nitrogens is 1. The summed E-state index contributed by atoms with van der Waals surface area (Å²) in [6.07, 6.45) is 0.00994. The number of carbonyl (C=O) groups is 1. The van der Waals surface area contributed by atoms with Gasteiger partial charge in [0, 0.05) is 26.2 Å². The molecule has 28 heavy (non-hydrogen) atoms. The number of oxazole rings is 1. The Balaban J connectivity index is 1.20. The van der Waals surface area contributed by atoms with Gasteiger partial charge in [0.2, 0.25) is 5.91 Å². The van der Waals surface area contributed by atoms with Crippen molar-refractivity contribution in [3.05, 3.63) is 60.2 Å². The van der Waals surface area contributed by atoms with Gasteiger partial charge in [0.05, 0.1) is 18.5 Å². The van der Waals surface area contributed by atoms with Crippen molar-refractivity contribution in [2.24, 2.45) is 0 Å². The largest absolute Gasteiger partial charge is 0.431 e. The number of morpholine rings is 1. The van der Waals surface area contributed by atoms with E-state index in [2.05, 4.69) is 39.5 Å². The van der Waals surface area contributed by atoms with Gasteiger partial charge in [-0.15, -0.1) is 0 Å². The number of para-hydroxylation sites is 2. The number of thioether (sulfide) groups is 1. The van der Waals surface area contributed by atoms with Crippen molar-refractivity contribution in [1.82, 2.24) is 15.2 Å². The molecule has 1 atom stereocenters. The monoisotopic (exact) mass is 397 g/mol. The lowest BCUT2D eigenvalue weighted by molar-refractivity contribution is -0.119. The number of benzene rings is 2. The fraction of sp³-hybridized carbons (Fsp3) is 0.333. The van der Waals surface area contributed by atoms with Crippen molar-refractivity contribution in [1.29, 1.82) is 0 Å². The molecule has 0 bridgehead atoms. The van der Waals surface area contributed by atoms with Gasteiger partial charge in [-0.1, -0.05) is 54.2 Å². The molecular formula is C21H23N3O3S. The topological polar surface area (TPSA) is 67.6 Å². The molecule has 7 heteroatoms. The summed E-state index contributed by atoms with van der Waals surface area (Å²) in [5, 5.41) is 3.47. The number of ether oxygens (including phenoxy) is 1. The van der Waals surface area contributed by atoms with E-state index in [1.807, 2.05) is 30.3 Å². The van der Waals surface area contributed by atoms with Crippen LogP contribution >= 0.6 is 11.8 Å². The van der Waals surface area contributed by atoms with E-state index in [-0.39, 0.29) is 17.8 Å². The van der Waals surface area contributed by atoms with E-state index in [4.69, 9.17) is 9.15 Å². The van der Waals surface area contributed by atoms with Gasteiger partial charge in [0.1, 0.15) is 5.52 Å². The molecular weight excluding hydrogens is 374 g/mol. The van der Waals surface area contributed by atoms with Crippen LogP contribution in [-0.2, 0) is 16.1 Å². The molecule has 0 saturated carbocycles. The maximum absolute atomic E-state index is 12.2. The number of carbonyl (C=O) groups excluding carboxylic acids is 1. The number of hydrogen-bond donors (Lipinski definition) is 1. The summed E-state index contributed by atoms with van der Waals surface area (Å²) in [5.74, 6) is 0.226. The lowest BCUT2D eigenvalue weighted by Gasteiger charge is -2.33. The Hall–Kier alpha value is -2.35. The summed E-state index contributed by atoms with van der Waals surface area (Å²) in [6.45, 7) is 3.83. The third kappa shape index (κ3) is 5.13. The van der Waals surface area contributed by atoms with E-state index in [0.717, 1.165) is 30.7 Å². The number of hydrogen-bond acceptors (Lipinski definition) is 6. The Labute approximate surface area is 168 Å². The number of nitrogens with one attached hydrogen (secondary N) is 1. The van der Waals surface area contributed by atoms with Gasteiger partial charge in [-0.3, -0.25) is 9.69 Å². The highest BCUT2D eigenvalue weighted by molar-refractivity contribution is 7.99. The zero-order valence-corrected chi connectivity index (χ0v) is 16.4. The zero-order valence-electron chi connectivity index (χ0n) is 15.5. The summed E-state index contributed by atoms with van der Waals surface area (Å²) in [6, 6.07) is 18.0. The van der Waals surface area contributed by atoms with Gasteiger partial charge >= 0.3 is 0 Å². The van der Waals surface area contributed by atoms with Crippen LogP contribution in [0.25, 0.3) is 11.1 Å². The first-order valence-electron chi connectivity index (χ1n) is 9.39. The SMILES string of the molecule is O=C(CSc1nc2ccccc2o1)NC[C@H]1CN(Cc2ccccc2)CCO1. The van der Waals surface area contributed by atoms with E-state index in [1.165, 1.54) is 17.3 Å². The molecule has 0 radical (unpaired) electrons. The van der Waals surface area contributed by atoms with Crippen LogP contribution in [-0.4, -0.2) is 53.9 Å². The quantitative estimate of drug-likeness (QED) is 0.619. The Morgan fingerprint density at radius 2 is 2.00 bits per heavy atom. The molecule has 2 aromatic carbocycles. The highest BCUT2D eigenvalue weighted by Gasteiger charge is 2.21. The number of nitrogens with zero attached hydrogens (tertiary/aromatic N) is 2. The molecule has 1 saturated heterocycles. The van der Waals surface area contributed by atoms with Crippen molar-refractivity contribution in [2.45, 2.75) is 17.9 Å². The Morgan fingerprint density at radius 1 is 1.18 bits per heavy atom. The maximum atomic E-state index is 12.2. The predicted molar refractivity (Wildman–Crippen MR) is 109 cm³/mol. The van der Waals surface area contributed by atoms with Crippen molar-refractivity contribution in [3.63, 3.8) is 0 Å². The normalized spacial score (nSPS) is 17.6. The second-order valence-corrected chi connectivity index (χ2v) is 7.68. The Morgan fingerprint density at radius 3 is 2.86 bits per heavy atom. The van der Waals surface area contributed by atoms with Gasteiger partial charge < -0.3 is 14.5 Å². The Kier molecular flexibility index (Phi) is 6.26. The van der Waals surface area contributed by atoms with Crippen molar-refractivity contribution >= 4 is 28.8 Å². The van der Waals surface area contributed by atoms with Gasteiger partial charge in [0.25, 0.3) is 5.22 Å². The second-order valence-electron chi connectivity index (χ2n) is 6.75. The van der Waals surface area contributed by atoms with Crippen molar-refractivity contribution < 1.29 is 13.9 Å². The highest BCUT2D eigenvalue weighted by Crippen LogP contribution is 2.22. The van der Waals surface area contributed by atoms with Crippen LogP contribution in [0.4, 0.5) is 0 Å². The lowest BCUT2D eigenvalue weighted by Crippen LogP contribution is -2.47. The van der Waals surface area contributed by atoms with E-state index >= 15 is 0 Å². The van der Waals surface area contributed by atoms with E-state index in [0.29, 0.717) is 18.4 Å². The minimum atomic E-state index is -0.0453. The third-order valence-electron chi connectivity index (χ3n) is 4.60. The Bertz CT molecular complexity index is 882. The molecule has 1 N–H and O–H groups in total. The predicted octanol–water partition coefficient (Wildman–Crippen LogP) is 2.94. The van der Waals surface area contributed by atoms with Crippen LogP contribution in [0.3, 0.4) is 0 Å². The van der Waals surface area contributed by atoms with Gasteiger partial charge in [-0.05, 0) is 17.7 Å². The first-order valence-corrected chi connectivity index (χ1v) is 10.4. The average molecular weight is 398 g/mol. The molecule has 0 unspecified atom stereocenters. The average Bonchev–Trinajstić information content (AvgIpc) is 3.15. The van der Waals surface area contributed by atoms with Gasteiger partial charge in [0.15, 0.2) is 5.58 Å². The summed E-state index contributed by atoms with van der Waals surface area (Å²) in [5.41, 5.74) is 2.83. The number of rotatable bonds is 7. The minimum Gasteiger partial charge on any atom is -0.431 e. The van der Waals surface area contributed by atoms with Crippen LogP contribution in [0.2, 0.25) is 0 Å². The van der Waals surface area contributed by atoms with Gasteiger partial charge in [-0.2, -0.15) is 0 Å². The molecule has 1 aromatic heterocycles. The molecule has 6 nitrogen and oxygen atoms in total. The van der Waals surface area contributed by atoms with Crippen molar-refractivity contribution in [3.8, 4) is 0 Å². The minimum absolute atomic E-state index is 0.00994. The van der Waals surface area contributed by atoms with E-state index in [9.17, 15) is 4.79 Å². The fourth-order valence-electron chi connectivity index (χ4n) is 3.21. The second kappa shape index (κ2) is 9.23. The van der Waals surface area contributed by atoms with Gasteiger partial charge in [-0.25, -0.2) is 4.98 Å². The maximum Gasteiger partial charge on any atom is 0.257 e. The summed E-state index contributed by atoms with van der Waals surface area (Å²) in [4.78, 5) is 18.9. The summed E-state index contributed by atoms with van der Waals surface area (Å²) >= 11 is 1.30. The van der Waals surface area contributed by atoms with E-state index in [1.54, 1.807) is 0 Å². The molecule has 4 rings (SSSR count). The smallest absolute Gasteiger partial charge is 0.257 e. The molecule has 0 aliphatic carbocycles. The van der Waals surface area contributed by atoms with Crippen molar-refractivity contribution in [2.75, 3.05) is 32.0 Å². The third-order valence-corrected chi connectivity index (χ3v) is 5.43. The van der Waals surface area contributed by atoms with Crippen LogP contribution in [0.5, 0.6) is 0 Å². The standard InChI is InChI=1S/C21H23N3O3S/c25-20(15-28-21-23-18-8-4-5-9-19(18)27-21)22-12-17-14-24(10-11-26-17)13-16-6-2-1-3-7-16/h1-9,17H,10-15H2,(H,22,25)/t17-/m0/s1. The lowest BCUT2D eigenvalue weighted by atomic mass is 10.2. The first kappa shape index (κ1) is 19.0.